The second-order valence-corrected chi connectivity index (χ2v) is 6.74. The molecule has 2 aliphatic rings. The van der Waals surface area contributed by atoms with Crippen LogP contribution in [0, 0.1) is 11.3 Å². The van der Waals surface area contributed by atoms with Crippen LogP contribution in [0.25, 0.3) is 0 Å². The lowest BCUT2D eigenvalue weighted by atomic mass is 9.76. The van der Waals surface area contributed by atoms with Gasteiger partial charge in [-0.3, -0.25) is 4.79 Å². The summed E-state index contributed by atoms with van der Waals surface area (Å²) in [5.41, 5.74) is -0.129. The number of carbonyl (C=O) groups excluding carboxylic acids is 1. The van der Waals surface area contributed by atoms with Gasteiger partial charge in [0, 0.05) is 19.6 Å². The molecule has 1 atom stereocenters. The SMILES string of the molecule is CCC1(C(=O)N(C)C2CCC(C)CC2)CCCNC1. The summed E-state index contributed by atoms with van der Waals surface area (Å²) in [6, 6.07) is 0.481. The fraction of sp³-hybridized carbons (Fsp3) is 0.938. The van der Waals surface area contributed by atoms with E-state index in [-0.39, 0.29) is 5.41 Å². The van der Waals surface area contributed by atoms with Gasteiger partial charge in [0.15, 0.2) is 0 Å². The lowest BCUT2D eigenvalue weighted by molar-refractivity contribution is -0.145. The van der Waals surface area contributed by atoms with E-state index >= 15 is 0 Å². The molecule has 1 aliphatic carbocycles. The lowest BCUT2D eigenvalue weighted by Gasteiger charge is -2.42. The molecule has 1 amide bonds. The van der Waals surface area contributed by atoms with E-state index < -0.39 is 0 Å². The van der Waals surface area contributed by atoms with Gasteiger partial charge in [0.1, 0.15) is 0 Å². The zero-order valence-corrected chi connectivity index (χ0v) is 12.9. The Kier molecular flexibility index (Phi) is 4.88. The number of rotatable bonds is 3. The first kappa shape index (κ1) is 14.8. The minimum absolute atomic E-state index is 0.129. The van der Waals surface area contributed by atoms with Gasteiger partial charge < -0.3 is 10.2 Å². The standard InChI is InChI=1S/C16H30N2O/c1-4-16(10-5-11-17-12-16)15(19)18(3)14-8-6-13(2)7-9-14/h13-14,17H,4-12H2,1-3H3. The fourth-order valence-corrected chi connectivity index (χ4v) is 3.77. The summed E-state index contributed by atoms with van der Waals surface area (Å²) in [6.07, 6.45) is 8.09. The molecule has 2 rings (SSSR count). The molecule has 0 radical (unpaired) electrons. The maximum atomic E-state index is 12.9. The Balaban J connectivity index is 2.00. The molecule has 1 heterocycles. The van der Waals surface area contributed by atoms with Crippen LogP contribution < -0.4 is 5.32 Å². The van der Waals surface area contributed by atoms with Crippen LogP contribution in [0.5, 0.6) is 0 Å². The highest BCUT2D eigenvalue weighted by molar-refractivity contribution is 5.83. The Bertz CT molecular complexity index is 302. The summed E-state index contributed by atoms with van der Waals surface area (Å²) in [5.74, 6) is 1.23. The van der Waals surface area contributed by atoms with Gasteiger partial charge in [-0.15, -0.1) is 0 Å². The third kappa shape index (κ3) is 3.13. The summed E-state index contributed by atoms with van der Waals surface area (Å²) >= 11 is 0. The van der Waals surface area contributed by atoms with Crippen molar-refractivity contribution in [1.29, 1.82) is 0 Å². The molecule has 1 unspecified atom stereocenters. The molecular weight excluding hydrogens is 236 g/mol. The minimum atomic E-state index is -0.129. The summed E-state index contributed by atoms with van der Waals surface area (Å²) < 4.78 is 0. The van der Waals surface area contributed by atoms with Crippen LogP contribution in [0.4, 0.5) is 0 Å². The Labute approximate surface area is 118 Å². The second kappa shape index (κ2) is 6.25. The molecule has 1 aliphatic heterocycles. The monoisotopic (exact) mass is 266 g/mol. The highest BCUT2D eigenvalue weighted by atomic mass is 16.2. The van der Waals surface area contributed by atoms with E-state index in [0.717, 1.165) is 38.3 Å². The van der Waals surface area contributed by atoms with Crippen molar-refractivity contribution in [2.45, 2.75) is 64.8 Å². The van der Waals surface area contributed by atoms with Crippen LogP contribution >= 0.6 is 0 Å². The Hall–Kier alpha value is -0.570. The highest BCUT2D eigenvalue weighted by Gasteiger charge is 2.41. The van der Waals surface area contributed by atoms with Crippen LogP contribution in [-0.4, -0.2) is 37.0 Å². The average molecular weight is 266 g/mol. The Morgan fingerprint density at radius 2 is 2.00 bits per heavy atom. The van der Waals surface area contributed by atoms with Crippen molar-refractivity contribution in [3.63, 3.8) is 0 Å². The molecule has 0 aromatic rings. The third-order valence-corrected chi connectivity index (χ3v) is 5.46. The predicted octanol–water partition coefficient (Wildman–Crippen LogP) is 2.80. The summed E-state index contributed by atoms with van der Waals surface area (Å²) in [5, 5.41) is 3.42. The molecule has 1 saturated heterocycles. The number of piperidine rings is 1. The molecule has 0 spiro atoms. The number of hydrogen-bond donors (Lipinski definition) is 1. The van der Waals surface area contributed by atoms with Gasteiger partial charge in [0.2, 0.25) is 5.91 Å². The van der Waals surface area contributed by atoms with Crippen molar-refractivity contribution in [1.82, 2.24) is 10.2 Å². The molecule has 2 fully saturated rings. The Morgan fingerprint density at radius 3 is 2.53 bits per heavy atom. The molecule has 19 heavy (non-hydrogen) atoms. The van der Waals surface area contributed by atoms with E-state index in [9.17, 15) is 4.79 Å². The van der Waals surface area contributed by atoms with E-state index in [1.807, 2.05) is 7.05 Å². The van der Waals surface area contributed by atoms with Crippen molar-refractivity contribution >= 4 is 5.91 Å². The maximum absolute atomic E-state index is 12.9. The number of amides is 1. The van der Waals surface area contributed by atoms with Crippen molar-refractivity contribution in [3.05, 3.63) is 0 Å². The molecule has 1 saturated carbocycles. The topological polar surface area (TPSA) is 32.3 Å². The zero-order valence-electron chi connectivity index (χ0n) is 12.9. The lowest BCUT2D eigenvalue weighted by Crippen LogP contribution is -2.53. The van der Waals surface area contributed by atoms with Crippen molar-refractivity contribution in [3.8, 4) is 0 Å². The molecule has 0 aromatic heterocycles. The van der Waals surface area contributed by atoms with Crippen molar-refractivity contribution in [2.75, 3.05) is 20.1 Å². The summed E-state index contributed by atoms with van der Waals surface area (Å²) in [7, 11) is 2.04. The molecule has 110 valence electrons. The van der Waals surface area contributed by atoms with Crippen molar-refractivity contribution < 1.29 is 4.79 Å². The average Bonchev–Trinajstić information content (AvgIpc) is 2.47. The van der Waals surface area contributed by atoms with Gasteiger partial charge in [-0.25, -0.2) is 0 Å². The molecule has 0 aromatic carbocycles. The van der Waals surface area contributed by atoms with Gasteiger partial charge >= 0.3 is 0 Å². The molecule has 3 nitrogen and oxygen atoms in total. The number of hydrogen-bond acceptors (Lipinski definition) is 2. The largest absolute Gasteiger partial charge is 0.342 e. The number of carbonyl (C=O) groups is 1. The van der Waals surface area contributed by atoms with Gasteiger partial charge in [0.05, 0.1) is 5.41 Å². The van der Waals surface area contributed by atoms with E-state index in [1.165, 1.54) is 25.7 Å². The molecule has 3 heteroatoms. The zero-order chi connectivity index (χ0) is 13.9. The van der Waals surface area contributed by atoms with Gasteiger partial charge in [-0.2, -0.15) is 0 Å². The quantitative estimate of drug-likeness (QED) is 0.852. The van der Waals surface area contributed by atoms with Crippen LogP contribution in [0.1, 0.15) is 58.8 Å². The third-order valence-electron chi connectivity index (χ3n) is 5.46. The predicted molar refractivity (Wildman–Crippen MR) is 79.0 cm³/mol. The molecule has 0 bridgehead atoms. The second-order valence-electron chi connectivity index (χ2n) is 6.74. The smallest absolute Gasteiger partial charge is 0.230 e. The summed E-state index contributed by atoms with van der Waals surface area (Å²) in [4.78, 5) is 15.0. The van der Waals surface area contributed by atoms with Gasteiger partial charge in [-0.1, -0.05) is 13.8 Å². The van der Waals surface area contributed by atoms with Gasteiger partial charge in [-0.05, 0) is 57.4 Å². The summed E-state index contributed by atoms with van der Waals surface area (Å²) in [6.45, 7) is 6.44. The van der Waals surface area contributed by atoms with E-state index in [2.05, 4.69) is 24.1 Å². The van der Waals surface area contributed by atoms with E-state index in [0.29, 0.717) is 11.9 Å². The Morgan fingerprint density at radius 1 is 1.32 bits per heavy atom. The highest BCUT2D eigenvalue weighted by Crippen LogP contribution is 2.35. The van der Waals surface area contributed by atoms with E-state index in [4.69, 9.17) is 0 Å². The van der Waals surface area contributed by atoms with Crippen LogP contribution in [-0.2, 0) is 4.79 Å². The number of nitrogens with zero attached hydrogens (tertiary/aromatic N) is 1. The first-order valence-corrected chi connectivity index (χ1v) is 8.07. The number of nitrogens with one attached hydrogen (secondary N) is 1. The molecule has 1 N–H and O–H groups in total. The van der Waals surface area contributed by atoms with Crippen LogP contribution in [0.15, 0.2) is 0 Å². The van der Waals surface area contributed by atoms with Gasteiger partial charge in [0.25, 0.3) is 0 Å². The van der Waals surface area contributed by atoms with E-state index in [1.54, 1.807) is 0 Å². The maximum Gasteiger partial charge on any atom is 0.230 e. The molecular formula is C16H30N2O. The first-order valence-electron chi connectivity index (χ1n) is 8.07. The minimum Gasteiger partial charge on any atom is -0.342 e. The van der Waals surface area contributed by atoms with Crippen molar-refractivity contribution in [2.24, 2.45) is 11.3 Å². The van der Waals surface area contributed by atoms with Crippen LogP contribution in [0.3, 0.4) is 0 Å². The fourth-order valence-electron chi connectivity index (χ4n) is 3.77. The normalized spacial score (nSPS) is 35.9. The first-order chi connectivity index (χ1) is 9.09. The van der Waals surface area contributed by atoms with Crippen LogP contribution in [0.2, 0.25) is 0 Å².